The summed E-state index contributed by atoms with van der Waals surface area (Å²) in [5.41, 5.74) is -1.37. The molecule has 0 atom stereocenters. The van der Waals surface area contributed by atoms with Crippen molar-refractivity contribution < 1.29 is 0 Å². The van der Waals surface area contributed by atoms with Gasteiger partial charge in [-0.25, -0.2) is 0 Å². The summed E-state index contributed by atoms with van der Waals surface area (Å²) in [6.07, 6.45) is 0. The van der Waals surface area contributed by atoms with Crippen LogP contribution < -0.4 is 0 Å². The summed E-state index contributed by atoms with van der Waals surface area (Å²) >= 11 is 0. The SMILES string of the molecule is CN(C)C(=N)C(C)(C)N=NC(C)(C)C(=N)N(C)C. The molecule has 0 unspecified atom stereocenters. The average molecular weight is 254 g/mol. The Bertz CT molecular complexity index is 318. The predicted octanol–water partition coefficient (Wildman–Crippen LogP) is 2.07. The summed E-state index contributed by atoms with van der Waals surface area (Å²) in [5.74, 6) is 0.775. The second-order valence-electron chi connectivity index (χ2n) is 5.80. The summed E-state index contributed by atoms with van der Waals surface area (Å²) in [6, 6.07) is 0. The Balaban J connectivity index is 5.04. The summed E-state index contributed by atoms with van der Waals surface area (Å²) < 4.78 is 0. The molecule has 0 amide bonds. The van der Waals surface area contributed by atoms with E-state index in [4.69, 9.17) is 10.8 Å². The molecule has 18 heavy (non-hydrogen) atoms. The molecule has 0 aliphatic heterocycles. The molecular weight excluding hydrogens is 228 g/mol. The number of likely N-dealkylation sites (N-methyl/N-ethyl adjacent to an activating group) is 2. The van der Waals surface area contributed by atoms with E-state index in [-0.39, 0.29) is 0 Å². The van der Waals surface area contributed by atoms with Gasteiger partial charge < -0.3 is 9.80 Å². The van der Waals surface area contributed by atoms with Gasteiger partial charge in [0.2, 0.25) is 0 Å². The number of azo groups is 1. The van der Waals surface area contributed by atoms with Gasteiger partial charge in [-0.1, -0.05) is 0 Å². The van der Waals surface area contributed by atoms with Gasteiger partial charge >= 0.3 is 0 Å². The average Bonchev–Trinajstić information content (AvgIpc) is 2.24. The largest absolute Gasteiger partial charge is 0.365 e. The fourth-order valence-electron chi connectivity index (χ4n) is 1.44. The van der Waals surface area contributed by atoms with Crippen molar-refractivity contribution in [1.82, 2.24) is 9.80 Å². The molecular formula is C12H26N6. The van der Waals surface area contributed by atoms with Gasteiger partial charge in [0.05, 0.1) is 0 Å². The van der Waals surface area contributed by atoms with Crippen LogP contribution in [0.5, 0.6) is 0 Å². The molecule has 0 aliphatic rings. The van der Waals surface area contributed by atoms with E-state index in [9.17, 15) is 0 Å². The Morgan fingerprint density at radius 1 is 0.722 bits per heavy atom. The van der Waals surface area contributed by atoms with E-state index in [1.807, 2.05) is 55.9 Å². The van der Waals surface area contributed by atoms with Crippen LogP contribution >= 0.6 is 0 Å². The zero-order valence-electron chi connectivity index (χ0n) is 12.8. The van der Waals surface area contributed by atoms with Crippen LogP contribution in [0.15, 0.2) is 10.2 Å². The molecule has 0 aliphatic carbocycles. The lowest BCUT2D eigenvalue weighted by Crippen LogP contribution is -2.42. The van der Waals surface area contributed by atoms with Gasteiger partial charge in [0.25, 0.3) is 0 Å². The van der Waals surface area contributed by atoms with Crippen molar-refractivity contribution in [3.63, 3.8) is 0 Å². The molecule has 0 saturated heterocycles. The Morgan fingerprint density at radius 3 is 1.11 bits per heavy atom. The van der Waals surface area contributed by atoms with Crippen molar-refractivity contribution in [3.05, 3.63) is 0 Å². The number of nitrogens with zero attached hydrogens (tertiary/aromatic N) is 4. The van der Waals surface area contributed by atoms with Crippen molar-refractivity contribution in [1.29, 1.82) is 10.8 Å². The molecule has 2 N–H and O–H groups in total. The first-order chi connectivity index (χ1) is 7.92. The molecule has 6 heteroatoms. The Labute approximate surface area is 110 Å². The smallest absolute Gasteiger partial charge is 0.132 e. The Hall–Kier alpha value is -1.46. The van der Waals surface area contributed by atoms with E-state index in [1.54, 1.807) is 9.80 Å². The first-order valence-corrected chi connectivity index (χ1v) is 5.88. The number of rotatable bonds is 4. The van der Waals surface area contributed by atoms with E-state index in [0.29, 0.717) is 11.7 Å². The van der Waals surface area contributed by atoms with Crippen LogP contribution in [0, 0.1) is 10.8 Å². The van der Waals surface area contributed by atoms with E-state index in [0.717, 1.165) is 0 Å². The highest BCUT2D eigenvalue weighted by Crippen LogP contribution is 2.19. The van der Waals surface area contributed by atoms with Crippen LogP contribution in [0.1, 0.15) is 27.7 Å². The minimum absolute atomic E-state index is 0.387. The summed E-state index contributed by atoms with van der Waals surface area (Å²) in [4.78, 5) is 3.42. The molecule has 0 heterocycles. The van der Waals surface area contributed by atoms with E-state index in [1.165, 1.54) is 0 Å². The van der Waals surface area contributed by atoms with Crippen molar-refractivity contribution in [3.8, 4) is 0 Å². The van der Waals surface area contributed by atoms with Crippen LogP contribution in [0.2, 0.25) is 0 Å². The molecule has 0 saturated carbocycles. The van der Waals surface area contributed by atoms with Gasteiger partial charge in [-0.2, -0.15) is 10.2 Å². The third kappa shape index (κ3) is 4.09. The van der Waals surface area contributed by atoms with Gasteiger partial charge in [-0.05, 0) is 27.7 Å². The van der Waals surface area contributed by atoms with E-state index < -0.39 is 11.1 Å². The fraction of sp³-hybridized carbons (Fsp3) is 0.833. The zero-order valence-corrected chi connectivity index (χ0v) is 12.8. The Morgan fingerprint density at radius 2 is 0.944 bits per heavy atom. The number of hydrogen-bond donors (Lipinski definition) is 2. The van der Waals surface area contributed by atoms with Gasteiger partial charge in [0.1, 0.15) is 22.7 Å². The fourth-order valence-corrected chi connectivity index (χ4v) is 1.44. The zero-order chi connectivity index (χ0) is 14.7. The van der Waals surface area contributed by atoms with Gasteiger partial charge in [-0.15, -0.1) is 0 Å². The van der Waals surface area contributed by atoms with Gasteiger partial charge in [0.15, 0.2) is 0 Å². The summed E-state index contributed by atoms with van der Waals surface area (Å²) in [7, 11) is 7.25. The first kappa shape index (κ1) is 16.5. The number of amidine groups is 2. The van der Waals surface area contributed by atoms with Crippen molar-refractivity contribution in [2.45, 2.75) is 38.8 Å². The topological polar surface area (TPSA) is 78.9 Å². The first-order valence-electron chi connectivity index (χ1n) is 5.88. The van der Waals surface area contributed by atoms with Crippen molar-refractivity contribution in [2.24, 2.45) is 10.2 Å². The monoisotopic (exact) mass is 254 g/mol. The summed E-state index contributed by atoms with van der Waals surface area (Å²) in [6.45, 7) is 7.37. The molecule has 0 bridgehead atoms. The van der Waals surface area contributed by atoms with Crippen LogP contribution in [-0.2, 0) is 0 Å². The molecule has 104 valence electrons. The maximum atomic E-state index is 7.95. The highest BCUT2D eigenvalue weighted by Gasteiger charge is 2.29. The normalized spacial score (nSPS) is 12.7. The van der Waals surface area contributed by atoms with Crippen LogP contribution in [0.4, 0.5) is 0 Å². The quantitative estimate of drug-likeness (QED) is 0.457. The van der Waals surface area contributed by atoms with E-state index in [2.05, 4.69) is 10.2 Å². The minimum Gasteiger partial charge on any atom is -0.365 e. The highest BCUT2D eigenvalue weighted by molar-refractivity contribution is 5.89. The molecule has 0 aromatic carbocycles. The van der Waals surface area contributed by atoms with E-state index >= 15 is 0 Å². The maximum absolute atomic E-state index is 7.95. The highest BCUT2D eigenvalue weighted by atomic mass is 15.3. The minimum atomic E-state index is -0.687. The lowest BCUT2D eigenvalue weighted by atomic mass is 10.0. The van der Waals surface area contributed by atoms with Crippen LogP contribution in [-0.4, -0.2) is 60.7 Å². The molecule has 0 aromatic heterocycles. The predicted molar refractivity (Wildman–Crippen MR) is 75.8 cm³/mol. The third-order valence-electron chi connectivity index (χ3n) is 2.60. The van der Waals surface area contributed by atoms with Crippen LogP contribution in [0.25, 0.3) is 0 Å². The van der Waals surface area contributed by atoms with Gasteiger partial charge in [-0.3, -0.25) is 10.8 Å². The maximum Gasteiger partial charge on any atom is 0.132 e. The van der Waals surface area contributed by atoms with Crippen LogP contribution in [0.3, 0.4) is 0 Å². The number of nitrogens with one attached hydrogen (secondary N) is 2. The van der Waals surface area contributed by atoms with Crippen molar-refractivity contribution in [2.75, 3.05) is 28.2 Å². The molecule has 6 nitrogen and oxygen atoms in total. The lowest BCUT2D eigenvalue weighted by molar-refractivity contribution is 0.473. The molecule has 0 fully saturated rings. The number of hydrogen-bond acceptors (Lipinski definition) is 4. The lowest BCUT2D eigenvalue weighted by Gasteiger charge is -2.29. The molecule has 0 aromatic rings. The third-order valence-corrected chi connectivity index (χ3v) is 2.60. The molecule has 0 spiro atoms. The molecule has 0 radical (unpaired) electrons. The summed E-state index contributed by atoms with van der Waals surface area (Å²) in [5, 5.41) is 24.4. The standard InChI is InChI=1S/C12H26N6/c1-11(2,9(13)17(5)6)15-16-12(3,4)10(14)18(7)8/h13-14H,1-8H3. The van der Waals surface area contributed by atoms with Gasteiger partial charge in [0, 0.05) is 28.2 Å². The Kier molecular flexibility index (Phi) is 5.01. The van der Waals surface area contributed by atoms with Crippen molar-refractivity contribution >= 4 is 11.7 Å². The second-order valence-corrected chi connectivity index (χ2v) is 5.80. The second kappa shape index (κ2) is 5.46. The molecule has 0 rings (SSSR count).